The van der Waals surface area contributed by atoms with Gasteiger partial charge in [-0.2, -0.15) is 0 Å². The molecule has 5 nitrogen and oxygen atoms in total. The minimum absolute atomic E-state index is 0.0890. The number of anilines is 1. The molecular weight excluding hydrogens is 372 g/mol. The van der Waals surface area contributed by atoms with E-state index >= 15 is 0 Å². The summed E-state index contributed by atoms with van der Waals surface area (Å²) in [6.07, 6.45) is 15.8. The molecule has 1 aliphatic heterocycles. The van der Waals surface area contributed by atoms with Crippen LogP contribution in [0.15, 0.2) is 89.6 Å². The van der Waals surface area contributed by atoms with Gasteiger partial charge in [0.25, 0.3) is 0 Å². The number of benzene rings is 1. The number of nitrogen functional groups attached to an aromatic ring is 1. The monoisotopic (exact) mass is 400 g/mol. The maximum atomic E-state index is 11.5. The van der Waals surface area contributed by atoms with E-state index in [2.05, 4.69) is 33.5 Å². The topological polar surface area (TPSA) is 83.5 Å². The lowest BCUT2D eigenvalue weighted by molar-refractivity contribution is 0.152. The fraction of sp³-hybridized carbons (Fsp3) is 0.280. The van der Waals surface area contributed by atoms with Gasteiger partial charge in [0.2, 0.25) is 0 Å². The van der Waals surface area contributed by atoms with E-state index in [9.17, 15) is 5.11 Å². The summed E-state index contributed by atoms with van der Waals surface area (Å²) in [5.41, 5.74) is 9.77. The number of aliphatic imine (C=N–C) groups is 1. The van der Waals surface area contributed by atoms with Gasteiger partial charge in [-0.05, 0) is 48.3 Å². The Hall–Kier alpha value is -3.02. The summed E-state index contributed by atoms with van der Waals surface area (Å²) in [7, 11) is 0. The fourth-order valence-electron chi connectivity index (χ4n) is 4.13. The van der Waals surface area contributed by atoms with Crippen molar-refractivity contribution < 1.29 is 5.11 Å². The Morgan fingerprint density at radius 1 is 1.07 bits per heavy atom. The fourth-order valence-corrected chi connectivity index (χ4v) is 4.13. The summed E-state index contributed by atoms with van der Waals surface area (Å²) in [5.74, 6) is -0.328. The average Bonchev–Trinajstić information content (AvgIpc) is 2.81. The van der Waals surface area contributed by atoms with E-state index in [1.54, 1.807) is 6.20 Å². The van der Waals surface area contributed by atoms with E-state index in [-0.39, 0.29) is 18.1 Å². The summed E-state index contributed by atoms with van der Waals surface area (Å²) in [5, 5.41) is 15.2. The number of para-hydroxylation sites is 1. The Kier molecular flexibility index (Phi) is 6.52. The zero-order valence-electron chi connectivity index (χ0n) is 16.9. The Morgan fingerprint density at radius 2 is 1.93 bits per heavy atom. The van der Waals surface area contributed by atoms with E-state index in [1.165, 1.54) is 0 Å². The Bertz CT molecular complexity index is 964. The third kappa shape index (κ3) is 4.58. The highest BCUT2D eigenvalue weighted by Crippen LogP contribution is 2.39. The van der Waals surface area contributed by atoms with Crippen molar-refractivity contribution in [3.8, 4) is 0 Å². The Balaban J connectivity index is 1.78. The molecule has 0 bridgehead atoms. The SMILES string of the molecule is Nc1ccccc1[C@@H](NC1CC=CC=N1)[C@H](c1ccccn1)[C@H](O)C1=CCCC=C1. The molecule has 5 heteroatoms. The van der Waals surface area contributed by atoms with Gasteiger partial charge in [-0.3, -0.25) is 15.3 Å². The summed E-state index contributed by atoms with van der Waals surface area (Å²) in [6.45, 7) is 0. The number of hydrogen-bond acceptors (Lipinski definition) is 5. The number of rotatable bonds is 7. The molecule has 4 N–H and O–H groups in total. The molecule has 4 rings (SSSR count). The predicted molar refractivity (Wildman–Crippen MR) is 122 cm³/mol. The lowest BCUT2D eigenvalue weighted by Crippen LogP contribution is -2.40. The molecular formula is C25H28N4O. The standard InChI is InChI=1S/C25H28N4O/c26-20-13-5-4-12-19(20)24(29-22-15-7-9-17-28-22)23(21-14-6-8-16-27-21)25(30)18-10-2-1-3-11-18/h2,4-14,16-17,22-25,29-30H,1,3,15,26H2/t22?,23-,24+,25+/m0/s1. The summed E-state index contributed by atoms with van der Waals surface area (Å²) >= 11 is 0. The first-order valence-corrected chi connectivity index (χ1v) is 10.5. The summed E-state index contributed by atoms with van der Waals surface area (Å²) in [4.78, 5) is 9.20. The van der Waals surface area contributed by atoms with Crippen molar-refractivity contribution in [1.29, 1.82) is 0 Å². The highest BCUT2D eigenvalue weighted by molar-refractivity contribution is 5.72. The highest BCUT2D eigenvalue weighted by atomic mass is 16.3. The number of nitrogens with one attached hydrogen (secondary N) is 1. The first kappa shape index (κ1) is 20.3. The molecule has 2 aromatic rings. The van der Waals surface area contributed by atoms with Crippen molar-refractivity contribution in [2.24, 2.45) is 4.99 Å². The zero-order valence-corrected chi connectivity index (χ0v) is 16.9. The second-order valence-electron chi connectivity index (χ2n) is 7.66. The molecule has 0 amide bonds. The summed E-state index contributed by atoms with van der Waals surface area (Å²) < 4.78 is 0. The molecule has 30 heavy (non-hydrogen) atoms. The van der Waals surface area contributed by atoms with Gasteiger partial charge in [-0.15, -0.1) is 0 Å². The molecule has 0 spiro atoms. The molecule has 1 aromatic heterocycles. The van der Waals surface area contributed by atoms with Crippen LogP contribution in [0, 0.1) is 0 Å². The molecule has 0 fully saturated rings. The van der Waals surface area contributed by atoms with Crippen molar-refractivity contribution in [1.82, 2.24) is 10.3 Å². The second kappa shape index (κ2) is 9.65. The van der Waals surface area contributed by atoms with Crippen LogP contribution in [0.3, 0.4) is 0 Å². The maximum absolute atomic E-state index is 11.5. The first-order chi connectivity index (χ1) is 14.7. The Labute approximate surface area is 177 Å². The molecule has 4 atom stereocenters. The number of dihydropyridines is 1. The molecule has 1 aliphatic carbocycles. The van der Waals surface area contributed by atoms with Gasteiger partial charge in [0.05, 0.1) is 12.0 Å². The third-order valence-electron chi connectivity index (χ3n) is 5.64. The van der Waals surface area contributed by atoms with Crippen molar-refractivity contribution in [2.45, 2.75) is 43.5 Å². The lowest BCUT2D eigenvalue weighted by atomic mass is 9.80. The van der Waals surface area contributed by atoms with E-state index in [4.69, 9.17) is 5.73 Å². The van der Waals surface area contributed by atoms with Gasteiger partial charge in [0.15, 0.2) is 0 Å². The number of pyridine rings is 1. The van der Waals surface area contributed by atoms with Gasteiger partial charge in [0.1, 0.15) is 6.17 Å². The number of nitrogens with two attached hydrogens (primary N) is 1. The highest BCUT2D eigenvalue weighted by Gasteiger charge is 2.35. The van der Waals surface area contributed by atoms with Crippen LogP contribution in [0.1, 0.15) is 42.5 Å². The number of aromatic nitrogens is 1. The number of aliphatic hydroxyl groups excluding tert-OH is 1. The molecule has 0 radical (unpaired) electrons. The Morgan fingerprint density at radius 3 is 2.63 bits per heavy atom. The minimum atomic E-state index is -0.725. The average molecular weight is 401 g/mol. The molecule has 1 unspecified atom stereocenters. The molecule has 2 heterocycles. The van der Waals surface area contributed by atoms with Gasteiger partial charge in [-0.25, -0.2) is 0 Å². The number of nitrogens with zero attached hydrogens (tertiary/aromatic N) is 2. The van der Waals surface area contributed by atoms with Crippen molar-refractivity contribution >= 4 is 11.9 Å². The quantitative estimate of drug-likeness (QED) is 0.612. The maximum Gasteiger partial charge on any atom is 0.103 e. The van der Waals surface area contributed by atoms with Gasteiger partial charge >= 0.3 is 0 Å². The van der Waals surface area contributed by atoms with Crippen molar-refractivity contribution in [3.63, 3.8) is 0 Å². The molecule has 1 aromatic carbocycles. The van der Waals surface area contributed by atoms with E-state index < -0.39 is 6.10 Å². The van der Waals surface area contributed by atoms with E-state index in [0.29, 0.717) is 5.69 Å². The van der Waals surface area contributed by atoms with Crippen LogP contribution < -0.4 is 11.1 Å². The van der Waals surface area contributed by atoms with Crippen molar-refractivity contribution in [3.05, 3.63) is 95.9 Å². The van der Waals surface area contributed by atoms with Crippen LogP contribution in [-0.4, -0.2) is 28.6 Å². The summed E-state index contributed by atoms with van der Waals surface area (Å²) in [6, 6.07) is 13.4. The first-order valence-electron chi connectivity index (χ1n) is 10.5. The van der Waals surface area contributed by atoms with E-state index in [1.807, 2.05) is 60.8 Å². The van der Waals surface area contributed by atoms with Crippen LogP contribution in [0.5, 0.6) is 0 Å². The van der Waals surface area contributed by atoms with Gasteiger partial charge in [0, 0.05) is 36.3 Å². The van der Waals surface area contributed by atoms with E-state index in [0.717, 1.165) is 36.1 Å². The largest absolute Gasteiger partial charge is 0.398 e. The van der Waals surface area contributed by atoms with Crippen LogP contribution in [0.2, 0.25) is 0 Å². The van der Waals surface area contributed by atoms with Crippen LogP contribution >= 0.6 is 0 Å². The zero-order chi connectivity index (χ0) is 20.8. The van der Waals surface area contributed by atoms with Crippen LogP contribution in [0.25, 0.3) is 0 Å². The molecule has 2 aliphatic rings. The predicted octanol–water partition coefficient (Wildman–Crippen LogP) is 4.07. The van der Waals surface area contributed by atoms with Gasteiger partial charge < -0.3 is 10.8 Å². The lowest BCUT2D eigenvalue weighted by Gasteiger charge is -2.35. The number of aliphatic hydroxyl groups is 1. The molecule has 154 valence electrons. The number of hydrogen-bond donors (Lipinski definition) is 3. The minimum Gasteiger partial charge on any atom is -0.398 e. The smallest absolute Gasteiger partial charge is 0.103 e. The molecule has 0 saturated carbocycles. The van der Waals surface area contributed by atoms with Crippen LogP contribution in [0.4, 0.5) is 5.69 Å². The second-order valence-corrected chi connectivity index (χ2v) is 7.66. The van der Waals surface area contributed by atoms with Crippen LogP contribution in [-0.2, 0) is 0 Å². The van der Waals surface area contributed by atoms with Gasteiger partial charge in [-0.1, -0.05) is 48.6 Å². The molecule has 0 saturated heterocycles. The van der Waals surface area contributed by atoms with Crippen molar-refractivity contribution in [2.75, 3.05) is 5.73 Å². The third-order valence-corrected chi connectivity index (χ3v) is 5.64. The normalized spacial score (nSPS) is 21.1. The number of allylic oxidation sites excluding steroid dienone is 3.